The first-order chi connectivity index (χ1) is 8.38. The van der Waals surface area contributed by atoms with Gasteiger partial charge in [-0.15, -0.1) is 0 Å². The van der Waals surface area contributed by atoms with Gasteiger partial charge in [0.25, 0.3) is 0 Å². The second kappa shape index (κ2) is 5.85. The molecule has 0 radical (unpaired) electrons. The molecule has 2 heteroatoms. The van der Waals surface area contributed by atoms with Gasteiger partial charge in [0.05, 0.1) is 0 Å². The Hall–Kier alpha value is -2.09. The lowest BCUT2D eigenvalue weighted by molar-refractivity contribution is 0.294. The SMILES string of the molecule is C/C=C/c1ccc(COc2ccccn2)cc1. The van der Waals surface area contributed by atoms with Crippen molar-refractivity contribution in [3.8, 4) is 5.88 Å². The quantitative estimate of drug-likeness (QED) is 0.791. The van der Waals surface area contributed by atoms with E-state index in [0.717, 1.165) is 5.56 Å². The van der Waals surface area contributed by atoms with Crippen molar-refractivity contribution < 1.29 is 4.74 Å². The molecule has 2 rings (SSSR count). The van der Waals surface area contributed by atoms with E-state index in [4.69, 9.17) is 4.74 Å². The summed E-state index contributed by atoms with van der Waals surface area (Å²) in [6.45, 7) is 2.56. The zero-order valence-corrected chi connectivity index (χ0v) is 9.84. The number of hydrogen-bond acceptors (Lipinski definition) is 2. The zero-order chi connectivity index (χ0) is 11.9. The Balaban J connectivity index is 1.95. The number of benzene rings is 1. The van der Waals surface area contributed by atoms with Crippen molar-refractivity contribution in [1.29, 1.82) is 0 Å². The molecule has 86 valence electrons. The van der Waals surface area contributed by atoms with Gasteiger partial charge in [-0.2, -0.15) is 0 Å². The number of allylic oxidation sites excluding steroid dienone is 1. The van der Waals surface area contributed by atoms with Gasteiger partial charge in [-0.05, 0) is 24.1 Å². The van der Waals surface area contributed by atoms with E-state index in [0.29, 0.717) is 12.5 Å². The van der Waals surface area contributed by atoms with Crippen LogP contribution in [0.3, 0.4) is 0 Å². The van der Waals surface area contributed by atoms with Crippen LogP contribution in [0.25, 0.3) is 6.08 Å². The minimum Gasteiger partial charge on any atom is -0.473 e. The lowest BCUT2D eigenvalue weighted by atomic mass is 10.1. The highest BCUT2D eigenvalue weighted by atomic mass is 16.5. The second-order valence-electron chi connectivity index (χ2n) is 3.70. The fraction of sp³-hybridized carbons (Fsp3) is 0.133. The molecule has 1 aromatic heterocycles. The van der Waals surface area contributed by atoms with E-state index in [-0.39, 0.29) is 0 Å². The third-order valence-electron chi connectivity index (χ3n) is 2.36. The van der Waals surface area contributed by atoms with Gasteiger partial charge in [-0.25, -0.2) is 4.98 Å². The average Bonchev–Trinajstić information content (AvgIpc) is 2.40. The van der Waals surface area contributed by atoms with E-state index in [1.165, 1.54) is 5.56 Å². The van der Waals surface area contributed by atoms with E-state index in [1.807, 2.05) is 31.2 Å². The van der Waals surface area contributed by atoms with Crippen LogP contribution in [0.2, 0.25) is 0 Å². The number of ether oxygens (including phenoxy) is 1. The molecule has 0 saturated heterocycles. The molecule has 0 unspecified atom stereocenters. The molecule has 0 fully saturated rings. The third kappa shape index (κ3) is 3.45. The maximum atomic E-state index is 5.56. The van der Waals surface area contributed by atoms with Crippen LogP contribution in [0.5, 0.6) is 5.88 Å². The van der Waals surface area contributed by atoms with Crippen LogP contribution in [0.4, 0.5) is 0 Å². The lowest BCUT2D eigenvalue weighted by Crippen LogP contribution is -1.96. The average molecular weight is 225 g/mol. The largest absolute Gasteiger partial charge is 0.473 e. The van der Waals surface area contributed by atoms with E-state index >= 15 is 0 Å². The summed E-state index contributed by atoms with van der Waals surface area (Å²) in [5.74, 6) is 0.657. The Morgan fingerprint density at radius 3 is 2.59 bits per heavy atom. The van der Waals surface area contributed by atoms with Crippen molar-refractivity contribution in [1.82, 2.24) is 4.98 Å². The van der Waals surface area contributed by atoms with Crippen molar-refractivity contribution in [2.24, 2.45) is 0 Å². The van der Waals surface area contributed by atoms with Crippen LogP contribution in [-0.4, -0.2) is 4.98 Å². The third-order valence-corrected chi connectivity index (χ3v) is 2.36. The summed E-state index contributed by atoms with van der Waals surface area (Å²) in [5.41, 5.74) is 2.35. The normalized spacial score (nSPS) is 10.6. The number of aromatic nitrogens is 1. The number of pyridine rings is 1. The molecular weight excluding hydrogens is 210 g/mol. The van der Waals surface area contributed by atoms with Gasteiger partial charge >= 0.3 is 0 Å². The van der Waals surface area contributed by atoms with Gasteiger partial charge in [-0.1, -0.05) is 42.5 Å². The van der Waals surface area contributed by atoms with Crippen LogP contribution >= 0.6 is 0 Å². The Morgan fingerprint density at radius 1 is 1.12 bits per heavy atom. The molecule has 0 aliphatic heterocycles. The highest BCUT2D eigenvalue weighted by molar-refractivity contribution is 5.49. The van der Waals surface area contributed by atoms with Crippen molar-refractivity contribution in [3.05, 3.63) is 65.9 Å². The van der Waals surface area contributed by atoms with E-state index in [2.05, 4.69) is 35.3 Å². The van der Waals surface area contributed by atoms with Crippen molar-refractivity contribution >= 4 is 6.08 Å². The predicted octanol–water partition coefficient (Wildman–Crippen LogP) is 3.69. The fourth-order valence-electron chi connectivity index (χ4n) is 1.51. The molecule has 2 nitrogen and oxygen atoms in total. The zero-order valence-electron chi connectivity index (χ0n) is 9.84. The van der Waals surface area contributed by atoms with Crippen LogP contribution in [0, 0.1) is 0 Å². The minimum absolute atomic E-state index is 0.549. The van der Waals surface area contributed by atoms with Gasteiger partial charge in [0, 0.05) is 12.3 Å². The Labute approximate surface area is 102 Å². The summed E-state index contributed by atoms with van der Waals surface area (Å²) in [4.78, 5) is 4.11. The molecule has 0 aliphatic rings. The van der Waals surface area contributed by atoms with Crippen molar-refractivity contribution in [2.75, 3.05) is 0 Å². The highest BCUT2D eigenvalue weighted by Crippen LogP contribution is 2.10. The molecule has 2 aromatic rings. The maximum Gasteiger partial charge on any atom is 0.213 e. The van der Waals surface area contributed by atoms with E-state index in [9.17, 15) is 0 Å². The molecular formula is C15H15NO. The molecule has 17 heavy (non-hydrogen) atoms. The molecule has 0 aliphatic carbocycles. The summed E-state index contributed by atoms with van der Waals surface area (Å²) in [6, 6.07) is 13.9. The molecule has 0 N–H and O–H groups in total. The van der Waals surface area contributed by atoms with E-state index < -0.39 is 0 Å². The Bertz CT molecular complexity index is 474. The maximum absolute atomic E-state index is 5.56. The second-order valence-corrected chi connectivity index (χ2v) is 3.70. The molecule has 0 saturated carbocycles. The molecule has 0 bridgehead atoms. The molecule has 1 heterocycles. The van der Waals surface area contributed by atoms with Gasteiger partial charge in [0.2, 0.25) is 5.88 Å². The summed E-state index contributed by atoms with van der Waals surface area (Å²) >= 11 is 0. The van der Waals surface area contributed by atoms with E-state index in [1.54, 1.807) is 6.20 Å². The summed E-state index contributed by atoms with van der Waals surface area (Å²) in [7, 11) is 0. The highest BCUT2D eigenvalue weighted by Gasteiger charge is 1.95. The molecule has 0 atom stereocenters. The van der Waals surface area contributed by atoms with Gasteiger partial charge in [0.1, 0.15) is 6.61 Å². The molecule has 0 spiro atoms. The van der Waals surface area contributed by atoms with Crippen LogP contribution in [0.1, 0.15) is 18.1 Å². The van der Waals surface area contributed by atoms with Gasteiger partial charge < -0.3 is 4.74 Å². The van der Waals surface area contributed by atoms with Crippen LogP contribution in [0.15, 0.2) is 54.7 Å². The topological polar surface area (TPSA) is 22.1 Å². The standard InChI is InChI=1S/C15H15NO/c1-2-5-13-7-9-14(10-8-13)12-17-15-6-3-4-11-16-15/h2-11H,12H2,1H3/b5-2+. The summed E-state index contributed by atoms with van der Waals surface area (Å²) < 4.78 is 5.56. The Kier molecular flexibility index (Phi) is 3.92. The predicted molar refractivity (Wildman–Crippen MR) is 69.7 cm³/mol. The smallest absolute Gasteiger partial charge is 0.213 e. The number of rotatable bonds is 4. The minimum atomic E-state index is 0.549. The van der Waals surface area contributed by atoms with Gasteiger partial charge in [0.15, 0.2) is 0 Å². The first kappa shape index (κ1) is 11.4. The molecule has 0 amide bonds. The lowest BCUT2D eigenvalue weighted by Gasteiger charge is -2.05. The van der Waals surface area contributed by atoms with Crippen molar-refractivity contribution in [2.45, 2.75) is 13.5 Å². The first-order valence-electron chi connectivity index (χ1n) is 5.64. The van der Waals surface area contributed by atoms with Crippen LogP contribution in [-0.2, 0) is 6.61 Å². The Morgan fingerprint density at radius 2 is 1.94 bits per heavy atom. The summed E-state index contributed by atoms with van der Waals surface area (Å²) in [5, 5.41) is 0. The van der Waals surface area contributed by atoms with Gasteiger partial charge in [-0.3, -0.25) is 0 Å². The fourth-order valence-corrected chi connectivity index (χ4v) is 1.51. The first-order valence-corrected chi connectivity index (χ1v) is 5.64. The number of hydrogen-bond donors (Lipinski definition) is 0. The van der Waals surface area contributed by atoms with Crippen LogP contribution < -0.4 is 4.74 Å². The summed E-state index contributed by atoms with van der Waals surface area (Å²) in [6.07, 6.45) is 5.83. The molecule has 1 aromatic carbocycles. The number of nitrogens with zero attached hydrogens (tertiary/aromatic N) is 1. The monoisotopic (exact) mass is 225 g/mol. The van der Waals surface area contributed by atoms with Crippen molar-refractivity contribution in [3.63, 3.8) is 0 Å².